The minimum absolute atomic E-state index is 0.236. The quantitative estimate of drug-likeness (QED) is 0.574. The van der Waals surface area contributed by atoms with E-state index in [2.05, 4.69) is 4.99 Å². The average Bonchev–Trinajstić information content (AvgIpc) is 2.99. The largest absolute Gasteiger partial charge is 0.494 e. The van der Waals surface area contributed by atoms with Crippen molar-refractivity contribution in [1.29, 1.82) is 0 Å². The van der Waals surface area contributed by atoms with E-state index in [1.165, 1.54) is 11.3 Å². The summed E-state index contributed by atoms with van der Waals surface area (Å²) >= 11 is 1.49. The molecular formula is C21H24N2O3S. The number of fused-ring (bicyclic) bond motifs is 1. The number of carbonyl (C=O) groups excluding carboxylic acids is 1. The number of benzene rings is 2. The van der Waals surface area contributed by atoms with Gasteiger partial charge in [0.05, 0.1) is 23.4 Å². The highest BCUT2D eigenvalue weighted by molar-refractivity contribution is 7.16. The van der Waals surface area contributed by atoms with E-state index in [9.17, 15) is 4.79 Å². The van der Waals surface area contributed by atoms with Gasteiger partial charge in [-0.3, -0.25) is 4.79 Å². The van der Waals surface area contributed by atoms with Crippen molar-refractivity contribution in [2.24, 2.45) is 4.99 Å². The van der Waals surface area contributed by atoms with Gasteiger partial charge in [-0.25, -0.2) is 0 Å². The van der Waals surface area contributed by atoms with Crippen LogP contribution < -0.4 is 9.54 Å². The summed E-state index contributed by atoms with van der Waals surface area (Å²) in [5.41, 5.74) is 2.66. The zero-order valence-corrected chi connectivity index (χ0v) is 16.7. The van der Waals surface area contributed by atoms with Crippen LogP contribution in [0.1, 0.15) is 29.8 Å². The number of hydrogen-bond acceptors (Lipinski definition) is 4. The Morgan fingerprint density at radius 2 is 2.00 bits per heavy atom. The van der Waals surface area contributed by atoms with Crippen LogP contribution in [-0.4, -0.2) is 30.3 Å². The first-order valence-corrected chi connectivity index (χ1v) is 9.93. The molecule has 0 radical (unpaired) electrons. The maximum Gasteiger partial charge on any atom is 0.279 e. The number of rotatable bonds is 7. The summed E-state index contributed by atoms with van der Waals surface area (Å²) in [6.07, 6.45) is 0. The zero-order chi connectivity index (χ0) is 19.2. The SMILES string of the molecule is CCOCCn1c(=NC(=O)c2cccc(C)c2)sc2cc(OCC)ccc21. The Balaban J connectivity index is 2.05. The fourth-order valence-corrected chi connectivity index (χ4v) is 3.92. The van der Waals surface area contributed by atoms with Gasteiger partial charge < -0.3 is 14.0 Å². The second kappa shape index (κ2) is 8.97. The molecule has 0 saturated carbocycles. The average molecular weight is 385 g/mol. The molecule has 6 heteroatoms. The molecule has 3 aromatic rings. The third-order valence-corrected chi connectivity index (χ3v) is 5.13. The number of amides is 1. The first-order valence-electron chi connectivity index (χ1n) is 9.12. The molecule has 1 amide bonds. The molecule has 0 bridgehead atoms. The van der Waals surface area contributed by atoms with Crippen LogP contribution in [0.4, 0.5) is 0 Å². The lowest BCUT2D eigenvalue weighted by atomic mass is 10.1. The van der Waals surface area contributed by atoms with Crippen molar-refractivity contribution < 1.29 is 14.3 Å². The van der Waals surface area contributed by atoms with Gasteiger partial charge >= 0.3 is 0 Å². The predicted molar refractivity (Wildman–Crippen MR) is 109 cm³/mol. The Morgan fingerprint density at radius 1 is 1.15 bits per heavy atom. The third kappa shape index (κ3) is 4.64. The molecule has 3 rings (SSSR count). The van der Waals surface area contributed by atoms with Crippen LogP contribution in [0.3, 0.4) is 0 Å². The van der Waals surface area contributed by atoms with Gasteiger partial charge in [-0.05, 0) is 51.1 Å². The first kappa shape index (κ1) is 19.3. The van der Waals surface area contributed by atoms with E-state index in [1.807, 2.05) is 61.7 Å². The Morgan fingerprint density at radius 3 is 2.74 bits per heavy atom. The molecule has 0 saturated heterocycles. The lowest BCUT2D eigenvalue weighted by Gasteiger charge is -2.06. The molecule has 1 heterocycles. The molecule has 0 atom stereocenters. The van der Waals surface area contributed by atoms with E-state index in [0.717, 1.165) is 21.5 Å². The smallest absolute Gasteiger partial charge is 0.279 e. The fraction of sp³-hybridized carbons (Fsp3) is 0.333. The van der Waals surface area contributed by atoms with Crippen LogP contribution >= 0.6 is 11.3 Å². The molecule has 0 aliphatic rings. The lowest BCUT2D eigenvalue weighted by Crippen LogP contribution is -2.19. The van der Waals surface area contributed by atoms with E-state index < -0.39 is 0 Å². The second-order valence-electron chi connectivity index (χ2n) is 6.08. The molecular weight excluding hydrogens is 360 g/mol. The number of carbonyl (C=O) groups is 1. The molecule has 2 aromatic carbocycles. The highest BCUT2D eigenvalue weighted by atomic mass is 32.1. The monoisotopic (exact) mass is 384 g/mol. The Labute approximate surface area is 162 Å². The summed E-state index contributed by atoms with van der Waals surface area (Å²) in [6, 6.07) is 13.5. The summed E-state index contributed by atoms with van der Waals surface area (Å²) in [5, 5.41) is 0. The van der Waals surface area contributed by atoms with E-state index in [-0.39, 0.29) is 5.91 Å². The van der Waals surface area contributed by atoms with Crippen molar-refractivity contribution in [3.63, 3.8) is 0 Å². The number of nitrogens with zero attached hydrogens (tertiary/aromatic N) is 2. The predicted octanol–water partition coefficient (Wildman–Crippen LogP) is 4.19. The molecule has 5 nitrogen and oxygen atoms in total. The Hall–Kier alpha value is -2.44. The van der Waals surface area contributed by atoms with Gasteiger partial charge in [0.15, 0.2) is 4.80 Å². The standard InChI is InChI=1S/C21H24N2O3S/c1-4-25-12-11-23-18-10-9-17(26-5-2)14-19(18)27-21(23)22-20(24)16-8-6-7-15(3)13-16/h6-10,13-14H,4-5,11-12H2,1-3H3. The molecule has 0 N–H and O–H groups in total. The van der Waals surface area contributed by atoms with Crippen molar-refractivity contribution in [3.05, 3.63) is 58.4 Å². The van der Waals surface area contributed by atoms with E-state index in [4.69, 9.17) is 9.47 Å². The van der Waals surface area contributed by atoms with E-state index >= 15 is 0 Å². The van der Waals surface area contributed by atoms with Gasteiger partial charge in [0.25, 0.3) is 5.91 Å². The van der Waals surface area contributed by atoms with Gasteiger partial charge in [-0.15, -0.1) is 0 Å². The van der Waals surface area contributed by atoms with Crippen molar-refractivity contribution in [3.8, 4) is 5.75 Å². The van der Waals surface area contributed by atoms with Crippen LogP contribution in [0.15, 0.2) is 47.5 Å². The fourth-order valence-electron chi connectivity index (χ4n) is 2.84. The summed E-state index contributed by atoms with van der Waals surface area (Å²) in [5.74, 6) is 0.584. The van der Waals surface area contributed by atoms with Crippen molar-refractivity contribution in [2.45, 2.75) is 27.3 Å². The first-order chi connectivity index (χ1) is 13.1. The number of thiazole rings is 1. The summed E-state index contributed by atoms with van der Waals surface area (Å²) in [6.45, 7) is 8.38. The molecule has 142 valence electrons. The number of aryl methyl sites for hydroxylation is 1. The topological polar surface area (TPSA) is 52.8 Å². The minimum atomic E-state index is -0.236. The lowest BCUT2D eigenvalue weighted by molar-refractivity contribution is 0.0996. The highest BCUT2D eigenvalue weighted by Crippen LogP contribution is 2.23. The molecule has 27 heavy (non-hydrogen) atoms. The van der Waals surface area contributed by atoms with Crippen molar-refractivity contribution in [2.75, 3.05) is 19.8 Å². The highest BCUT2D eigenvalue weighted by Gasteiger charge is 2.10. The van der Waals surface area contributed by atoms with Crippen LogP contribution in [0, 0.1) is 6.92 Å². The zero-order valence-electron chi connectivity index (χ0n) is 15.9. The summed E-state index contributed by atoms with van der Waals surface area (Å²) in [4.78, 5) is 17.7. The van der Waals surface area contributed by atoms with Gasteiger partial charge in [-0.2, -0.15) is 4.99 Å². The van der Waals surface area contributed by atoms with Gasteiger partial charge in [0.2, 0.25) is 0 Å². The molecule has 0 aliphatic carbocycles. The number of hydrogen-bond donors (Lipinski definition) is 0. The van der Waals surface area contributed by atoms with Crippen LogP contribution in [0.5, 0.6) is 5.75 Å². The second-order valence-corrected chi connectivity index (χ2v) is 7.09. The van der Waals surface area contributed by atoms with Gasteiger partial charge in [0, 0.05) is 18.7 Å². The van der Waals surface area contributed by atoms with Gasteiger partial charge in [-0.1, -0.05) is 29.0 Å². The van der Waals surface area contributed by atoms with Crippen LogP contribution in [0.2, 0.25) is 0 Å². The van der Waals surface area contributed by atoms with Crippen molar-refractivity contribution >= 4 is 27.5 Å². The third-order valence-electron chi connectivity index (χ3n) is 4.09. The maximum absolute atomic E-state index is 12.7. The summed E-state index contributed by atoms with van der Waals surface area (Å²) < 4.78 is 14.2. The van der Waals surface area contributed by atoms with E-state index in [0.29, 0.717) is 36.7 Å². The molecule has 0 spiro atoms. The molecule has 0 fully saturated rings. The number of ether oxygens (including phenoxy) is 2. The van der Waals surface area contributed by atoms with Crippen LogP contribution in [-0.2, 0) is 11.3 Å². The Kier molecular flexibility index (Phi) is 6.42. The normalized spacial score (nSPS) is 11.9. The summed E-state index contributed by atoms with van der Waals surface area (Å²) in [7, 11) is 0. The van der Waals surface area contributed by atoms with E-state index in [1.54, 1.807) is 6.07 Å². The van der Waals surface area contributed by atoms with Crippen LogP contribution in [0.25, 0.3) is 10.2 Å². The Bertz CT molecular complexity index is 1000. The van der Waals surface area contributed by atoms with Crippen molar-refractivity contribution in [1.82, 2.24) is 4.57 Å². The number of aromatic nitrogens is 1. The molecule has 0 aliphatic heterocycles. The molecule has 0 unspecified atom stereocenters. The maximum atomic E-state index is 12.7. The van der Waals surface area contributed by atoms with Gasteiger partial charge in [0.1, 0.15) is 5.75 Å². The minimum Gasteiger partial charge on any atom is -0.494 e. The molecule has 1 aromatic heterocycles.